The summed E-state index contributed by atoms with van der Waals surface area (Å²) >= 11 is 0. The fourth-order valence-electron chi connectivity index (χ4n) is 3.01. The van der Waals surface area contributed by atoms with Crippen LogP contribution in [-0.4, -0.2) is 34.9 Å². The molecular formula is C20H25Cl2N5O3. The Labute approximate surface area is 186 Å². The van der Waals surface area contributed by atoms with Gasteiger partial charge in [-0.05, 0) is 54.8 Å². The normalized spacial score (nSPS) is 11.3. The maximum atomic E-state index is 12.4. The molecule has 6 N–H and O–H groups in total. The van der Waals surface area contributed by atoms with E-state index in [9.17, 15) is 14.9 Å². The summed E-state index contributed by atoms with van der Waals surface area (Å²) in [6.07, 6.45) is 1.59. The van der Waals surface area contributed by atoms with Crippen LogP contribution in [0.25, 0.3) is 22.0 Å². The molecule has 0 radical (unpaired) electrons. The van der Waals surface area contributed by atoms with Crippen LogP contribution in [0.4, 0.5) is 5.69 Å². The lowest BCUT2D eigenvalue weighted by atomic mass is 10.0. The number of halogens is 2. The zero-order valence-electron chi connectivity index (χ0n) is 16.2. The first kappa shape index (κ1) is 25.4. The quantitative estimate of drug-likeness (QED) is 0.305. The van der Waals surface area contributed by atoms with Gasteiger partial charge in [-0.3, -0.25) is 14.9 Å². The number of amides is 1. The number of fused-ring (bicyclic) bond motifs is 1. The van der Waals surface area contributed by atoms with Crippen molar-refractivity contribution < 1.29 is 9.72 Å². The van der Waals surface area contributed by atoms with E-state index >= 15 is 0 Å². The Bertz CT molecular complexity index is 992. The molecule has 0 fully saturated rings. The van der Waals surface area contributed by atoms with Crippen LogP contribution >= 0.6 is 24.8 Å². The summed E-state index contributed by atoms with van der Waals surface area (Å²) in [6.45, 7) is 0.975. The number of non-ortho nitro benzene ring substituents is 1. The van der Waals surface area contributed by atoms with Gasteiger partial charge < -0.3 is 21.8 Å². The summed E-state index contributed by atoms with van der Waals surface area (Å²) in [5.41, 5.74) is 14.5. The van der Waals surface area contributed by atoms with Crippen molar-refractivity contribution in [1.29, 1.82) is 0 Å². The third kappa shape index (κ3) is 6.17. The fraction of sp³-hybridized carbons (Fsp3) is 0.250. The van der Waals surface area contributed by atoms with Crippen LogP contribution in [-0.2, 0) is 0 Å². The van der Waals surface area contributed by atoms with Crippen molar-refractivity contribution in [3.05, 3.63) is 64.3 Å². The van der Waals surface area contributed by atoms with Crippen LogP contribution in [0.1, 0.15) is 23.3 Å². The molecule has 0 aliphatic carbocycles. The number of hydrogen-bond donors (Lipinski definition) is 4. The molecule has 2 aromatic carbocycles. The van der Waals surface area contributed by atoms with Crippen LogP contribution in [0.3, 0.4) is 0 Å². The van der Waals surface area contributed by atoms with Crippen LogP contribution in [0, 0.1) is 10.1 Å². The van der Waals surface area contributed by atoms with Gasteiger partial charge in [-0.1, -0.05) is 12.1 Å². The first-order valence-corrected chi connectivity index (χ1v) is 9.09. The maximum absolute atomic E-state index is 12.4. The van der Waals surface area contributed by atoms with Crippen molar-refractivity contribution in [2.75, 3.05) is 13.1 Å². The zero-order chi connectivity index (χ0) is 20.1. The standard InChI is InChI=1S/C20H23N5O3.2ClH/c21-9-1-2-16(22)12-23-20(26)19-11-15-4-3-14(10-18(15)24-19)13-5-7-17(8-6-13)25(27)28;;/h3-8,10-11,16,24H,1-2,9,12,21-22H2,(H,23,26);2*1H. The minimum Gasteiger partial charge on any atom is -0.351 e. The van der Waals surface area contributed by atoms with Gasteiger partial charge in [-0.2, -0.15) is 0 Å². The summed E-state index contributed by atoms with van der Waals surface area (Å²) < 4.78 is 0. The number of carbonyl (C=O) groups is 1. The van der Waals surface area contributed by atoms with Gasteiger partial charge in [0.25, 0.3) is 11.6 Å². The molecule has 30 heavy (non-hydrogen) atoms. The van der Waals surface area contributed by atoms with Gasteiger partial charge in [0.15, 0.2) is 0 Å². The van der Waals surface area contributed by atoms with Crippen LogP contribution < -0.4 is 16.8 Å². The molecule has 1 aromatic heterocycles. The Balaban J connectivity index is 0.00000225. The lowest BCUT2D eigenvalue weighted by Gasteiger charge is -2.11. The summed E-state index contributed by atoms with van der Waals surface area (Å²) in [7, 11) is 0. The average molecular weight is 454 g/mol. The van der Waals surface area contributed by atoms with E-state index in [1.54, 1.807) is 18.2 Å². The maximum Gasteiger partial charge on any atom is 0.269 e. The van der Waals surface area contributed by atoms with Crippen molar-refractivity contribution in [3.8, 4) is 11.1 Å². The average Bonchev–Trinajstić information content (AvgIpc) is 3.14. The molecule has 1 atom stereocenters. The van der Waals surface area contributed by atoms with Crippen molar-refractivity contribution in [2.45, 2.75) is 18.9 Å². The number of aromatic amines is 1. The number of aromatic nitrogens is 1. The van der Waals surface area contributed by atoms with Crippen molar-refractivity contribution in [1.82, 2.24) is 10.3 Å². The molecule has 0 spiro atoms. The number of benzene rings is 2. The van der Waals surface area contributed by atoms with E-state index in [0.29, 0.717) is 18.8 Å². The Morgan fingerprint density at radius 2 is 1.77 bits per heavy atom. The van der Waals surface area contributed by atoms with E-state index in [1.165, 1.54) is 12.1 Å². The summed E-state index contributed by atoms with van der Waals surface area (Å²) in [5, 5.41) is 14.5. The number of nitro groups is 1. The summed E-state index contributed by atoms with van der Waals surface area (Å²) in [4.78, 5) is 25.8. The fourth-order valence-corrected chi connectivity index (χ4v) is 3.01. The number of nitrogens with zero attached hydrogens (tertiary/aromatic N) is 1. The van der Waals surface area contributed by atoms with E-state index in [2.05, 4.69) is 10.3 Å². The number of carbonyl (C=O) groups excluding carboxylic acids is 1. The number of rotatable bonds is 8. The van der Waals surface area contributed by atoms with Crippen molar-refractivity contribution >= 4 is 47.3 Å². The molecule has 0 saturated heterocycles. The van der Waals surface area contributed by atoms with Crippen LogP contribution in [0.2, 0.25) is 0 Å². The van der Waals surface area contributed by atoms with Crippen molar-refractivity contribution in [2.24, 2.45) is 11.5 Å². The predicted molar refractivity (Wildman–Crippen MR) is 123 cm³/mol. The number of nitrogens with one attached hydrogen (secondary N) is 2. The second-order valence-electron chi connectivity index (χ2n) is 6.69. The molecule has 1 amide bonds. The van der Waals surface area contributed by atoms with E-state index < -0.39 is 4.92 Å². The first-order valence-electron chi connectivity index (χ1n) is 9.09. The van der Waals surface area contributed by atoms with Gasteiger partial charge >= 0.3 is 0 Å². The highest BCUT2D eigenvalue weighted by Crippen LogP contribution is 2.26. The van der Waals surface area contributed by atoms with Gasteiger partial charge in [-0.25, -0.2) is 0 Å². The highest BCUT2D eigenvalue weighted by atomic mass is 35.5. The number of H-pyrrole nitrogens is 1. The molecule has 0 aliphatic rings. The molecule has 162 valence electrons. The Morgan fingerprint density at radius 3 is 2.40 bits per heavy atom. The lowest BCUT2D eigenvalue weighted by molar-refractivity contribution is -0.384. The number of nitro benzene ring substituents is 1. The van der Waals surface area contributed by atoms with Gasteiger partial charge in [0.2, 0.25) is 0 Å². The summed E-state index contributed by atoms with van der Waals surface area (Å²) in [5.74, 6) is -0.212. The number of hydrogen-bond acceptors (Lipinski definition) is 5. The lowest BCUT2D eigenvalue weighted by Crippen LogP contribution is -2.37. The Kier molecular flexibility index (Phi) is 9.74. The monoisotopic (exact) mass is 453 g/mol. The third-order valence-electron chi connectivity index (χ3n) is 4.58. The van der Waals surface area contributed by atoms with Gasteiger partial charge in [0.05, 0.1) is 4.92 Å². The summed E-state index contributed by atoms with van der Waals surface area (Å²) in [6, 6.07) is 13.8. The SMILES string of the molecule is Cl.Cl.NCCCC(N)CNC(=O)c1cc2ccc(-c3ccc([N+](=O)[O-])cc3)cc2[nH]1. The second kappa shape index (κ2) is 11.5. The molecule has 8 nitrogen and oxygen atoms in total. The highest BCUT2D eigenvalue weighted by Gasteiger charge is 2.12. The molecule has 0 bridgehead atoms. The van der Waals surface area contributed by atoms with Gasteiger partial charge in [0.1, 0.15) is 5.69 Å². The number of nitrogens with two attached hydrogens (primary N) is 2. The van der Waals surface area contributed by atoms with Crippen LogP contribution in [0.5, 0.6) is 0 Å². The smallest absolute Gasteiger partial charge is 0.269 e. The molecule has 0 saturated carbocycles. The molecule has 3 rings (SSSR count). The topological polar surface area (TPSA) is 140 Å². The zero-order valence-corrected chi connectivity index (χ0v) is 17.8. The Hall–Kier alpha value is -2.65. The van der Waals surface area contributed by atoms with Crippen molar-refractivity contribution in [3.63, 3.8) is 0 Å². The second-order valence-corrected chi connectivity index (χ2v) is 6.69. The van der Waals surface area contributed by atoms with Gasteiger partial charge in [0, 0.05) is 35.6 Å². The minimum absolute atomic E-state index is 0. The van der Waals surface area contributed by atoms with Gasteiger partial charge in [-0.15, -0.1) is 24.8 Å². The molecule has 0 aliphatic heterocycles. The predicted octanol–water partition coefficient (Wildman–Crippen LogP) is 3.38. The molecular weight excluding hydrogens is 429 g/mol. The Morgan fingerprint density at radius 1 is 1.10 bits per heavy atom. The van der Waals surface area contributed by atoms with E-state index in [0.717, 1.165) is 34.9 Å². The van der Waals surface area contributed by atoms with Crippen LogP contribution in [0.15, 0.2) is 48.5 Å². The van der Waals surface area contributed by atoms with E-state index in [1.807, 2.05) is 18.2 Å². The molecule has 3 aromatic rings. The first-order chi connectivity index (χ1) is 13.5. The molecule has 1 unspecified atom stereocenters. The minimum atomic E-state index is -0.426. The molecule has 1 heterocycles. The van der Waals surface area contributed by atoms with E-state index in [-0.39, 0.29) is 42.5 Å². The third-order valence-corrected chi connectivity index (χ3v) is 4.58. The molecule has 10 heteroatoms. The largest absolute Gasteiger partial charge is 0.351 e. The highest BCUT2D eigenvalue weighted by molar-refractivity contribution is 5.98. The van der Waals surface area contributed by atoms with E-state index in [4.69, 9.17) is 11.5 Å².